The number of hydrogen-bond acceptors (Lipinski definition) is 4. The van der Waals surface area contributed by atoms with Crippen LogP contribution in [0.1, 0.15) is 20.3 Å². The van der Waals surface area contributed by atoms with E-state index in [0.717, 1.165) is 0 Å². The summed E-state index contributed by atoms with van der Waals surface area (Å²) in [5.74, 6) is 5.18. The number of fused-ring (bicyclic) bond motifs is 1. The second kappa shape index (κ2) is 6.07. The lowest BCUT2D eigenvalue weighted by molar-refractivity contribution is 1.39. The fraction of sp³-hybridized carbons (Fsp3) is 0.375. The van der Waals surface area contributed by atoms with E-state index < -0.39 is 0 Å². The van der Waals surface area contributed by atoms with Crippen molar-refractivity contribution in [1.29, 1.82) is 0 Å². The van der Waals surface area contributed by atoms with E-state index in [1.54, 1.807) is 0 Å². The molecule has 4 heteroatoms. The van der Waals surface area contributed by atoms with Gasteiger partial charge in [-0.3, -0.25) is 0 Å². The molecule has 2 saturated heterocycles. The van der Waals surface area contributed by atoms with Crippen LogP contribution in [-0.2, 0) is 0 Å². The van der Waals surface area contributed by atoms with Crippen molar-refractivity contribution in [1.82, 2.24) is 0 Å². The SMILES string of the molecule is c1cc2cc(C3SCCS3)ccc2cc1C1SCCS1. The first-order valence-corrected chi connectivity index (χ1v) is 11.1. The van der Waals surface area contributed by atoms with E-state index in [2.05, 4.69) is 83.4 Å². The number of rotatable bonds is 2. The molecular weight excluding hydrogens is 320 g/mol. The monoisotopic (exact) mass is 336 g/mol. The van der Waals surface area contributed by atoms with Crippen LogP contribution in [0.5, 0.6) is 0 Å². The third-order valence-electron chi connectivity index (χ3n) is 3.68. The lowest BCUT2D eigenvalue weighted by Crippen LogP contribution is -1.88. The maximum Gasteiger partial charge on any atom is 0.0752 e. The zero-order valence-corrected chi connectivity index (χ0v) is 14.3. The van der Waals surface area contributed by atoms with Gasteiger partial charge < -0.3 is 0 Å². The summed E-state index contributed by atoms with van der Waals surface area (Å²) in [7, 11) is 0. The summed E-state index contributed by atoms with van der Waals surface area (Å²) in [4.78, 5) is 0. The van der Waals surface area contributed by atoms with Crippen LogP contribution in [0.4, 0.5) is 0 Å². The van der Waals surface area contributed by atoms with Gasteiger partial charge in [0.05, 0.1) is 9.16 Å². The predicted octanol–water partition coefficient (Wildman–Crippen LogP) is 5.80. The smallest absolute Gasteiger partial charge is 0.0752 e. The molecule has 0 radical (unpaired) electrons. The molecule has 0 atom stereocenters. The molecule has 2 fully saturated rings. The van der Waals surface area contributed by atoms with Crippen molar-refractivity contribution >= 4 is 57.8 Å². The second-order valence-electron chi connectivity index (χ2n) is 5.01. The van der Waals surface area contributed by atoms with Crippen molar-refractivity contribution in [2.45, 2.75) is 9.16 Å². The molecular formula is C16H16S4. The van der Waals surface area contributed by atoms with Crippen molar-refractivity contribution < 1.29 is 0 Å². The Bertz CT molecular complexity index is 558. The minimum Gasteiger partial charge on any atom is -0.142 e. The minimum absolute atomic E-state index is 0.653. The molecule has 0 unspecified atom stereocenters. The fourth-order valence-corrected chi connectivity index (χ4v) is 8.35. The van der Waals surface area contributed by atoms with Crippen molar-refractivity contribution in [2.24, 2.45) is 0 Å². The fourth-order valence-electron chi connectivity index (χ4n) is 2.68. The second-order valence-corrected chi connectivity index (χ2v) is 10.5. The number of thioether (sulfide) groups is 4. The maximum absolute atomic E-state index is 2.39. The highest BCUT2D eigenvalue weighted by Crippen LogP contribution is 2.47. The van der Waals surface area contributed by atoms with Gasteiger partial charge in [-0.25, -0.2) is 0 Å². The van der Waals surface area contributed by atoms with E-state index in [1.807, 2.05) is 0 Å². The van der Waals surface area contributed by atoms with Gasteiger partial charge >= 0.3 is 0 Å². The Labute approximate surface area is 137 Å². The van der Waals surface area contributed by atoms with Crippen LogP contribution >= 0.6 is 47.0 Å². The summed E-state index contributed by atoms with van der Waals surface area (Å²) >= 11 is 8.34. The first-order valence-electron chi connectivity index (χ1n) is 6.90. The molecule has 0 aliphatic carbocycles. The van der Waals surface area contributed by atoms with Gasteiger partial charge in [-0.1, -0.05) is 24.3 Å². The summed E-state index contributed by atoms with van der Waals surface area (Å²) < 4.78 is 1.31. The third kappa shape index (κ3) is 2.72. The minimum atomic E-state index is 0.653. The standard InChI is InChI=1S/C16H16S4/c1-3-13(15-17-5-6-18-15)10-12-2-4-14(9-11(1)12)16-19-7-8-20-16/h1-4,9-10,15-16H,5-8H2. The van der Waals surface area contributed by atoms with Crippen LogP contribution in [0, 0.1) is 0 Å². The van der Waals surface area contributed by atoms with Crippen LogP contribution < -0.4 is 0 Å². The highest BCUT2D eigenvalue weighted by molar-refractivity contribution is 8.19. The summed E-state index contributed by atoms with van der Waals surface area (Å²) in [6.07, 6.45) is 0. The first-order chi connectivity index (χ1) is 9.90. The Hall–Kier alpha value is 0.1000. The van der Waals surface area contributed by atoms with Gasteiger partial charge in [0, 0.05) is 23.0 Å². The molecule has 20 heavy (non-hydrogen) atoms. The van der Waals surface area contributed by atoms with Crippen molar-refractivity contribution in [3.8, 4) is 0 Å². The third-order valence-corrected chi connectivity index (χ3v) is 9.89. The average Bonchev–Trinajstić information content (AvgIpc) is 3.19. The van der Waals surface area contributed by atoms with Crippen LogP contribution in [0.2, 0.25) is 0 Å². The van der Waals surface area contributed by atoms with Crippen LogP contribution in [0.3, 0.4) is 0 Å². The molecule has 104 valence electrons. The molecule has 0 N–H and O–H groups in total. The van der Waals surface area contributed by atoms with Crippen LogP contribution in [0.15, 0.2) is 36.4 Å². The molecule has 2 aromatic rings. The molecule has 0 amide bonds. The predicted molar refractivity (Wildman–Crippen MR) is 99.3 cm³/mol. The zero-order chi connectivity index (χ0) is 13.4. The molecule has 0 aromatic heterocycles. The highest BCUT2D eigenvalue weighted by Gasteiger charge is 2.20. The molecule has 0 bridgehead atoms. The van der Waals surface area contributed by atoms with Crippen LogP contribution in [0.25, 0.3) is 10.8 Å². The van der Waals surface area contributed by atoms with E-state index in [1.165, 1.54) is 44.9 Å². The van der Waals surface area contributed by atoms with Gasteiger partial charge in [-0.15, -0.1) is 47.0 Å². The summed E-state index contributed by atoms with van der Waals surface area (Å²) in [6, 6.07) is 14.1. The van der Waals surface area contributed by atoms with E-state index in [0.29, 0.717) is 9.16 Å². The van der Waals surface area contributed by atoms with E-state index in [4.69, 9.17) is 0 Å². The molecule has 4 rings (SSSR count). The zero-order valence-electron chi connectivity index (χ0n) is 11.1. The summed E-state index contributed by atoms with van der Waals surface area (Å²) in [5.41, 5.74) is 2.98. The lowest BCUT2D eigenvalue weighted by atomic mass is 10.1. The Morgan fingerprint density at radius 1 is 0.600 bits per heavy atom. The van der Waals surface area contributed by atoms with Crippen molar-refractivity contribution in [3.63, 3.8) is 0 Å². The molecule has 2 heterocycles. The largest absolute Gasteiger partial charge is 0.142 e. The van der Waals surface area contributed by atoms with Crippen molar-refractivity contribution in [3.05, 3.63) is 47.5 Å². The Kier molecular flexibility index (Phi) is 4.17. The van der Waals surface area contributed by atoms with E-state index >= 15 is 0 Å². The molecule has 0 nitrogen and oxygen atoms in total. The maximum atomic E-state index is 2.39. The molecule has 2 aromatic carbocycles. The lowest BCUT2D eigenvalue weighted by Gasteiger charge is -2.12. The normalized spacial score (nSPS) is 21.0. The molecule has 0 spiro atoms. The Balaban J connectivity index is 1.67. The number of benzene rings is 2. The molecule has 2 aliphatic rings. The van der Waals surface area contributed by atoms with Gasteiger partial charge in [-0.05, 0) is 34.0 Å². The van der Waals surface area contributed by atoms with Crippen LogP contribution in [-0.4, -0.2) is 23.0 Å². The first kappa shape index (κ1) is 13.7. The number of hydrogen-bond donors (Lipinski definition) is 0. The van der Waals surface area contributed by atoms with Gasteiger partial charge in [0.2, 0.25) is 0 Å². The molecule has 0 saturated carbocycles. The quantitative estimate of drug-likeness (QED) is 0.679. The topological polar surface area (TPSA) is 0 Å². The average molecular weight is 337 g/mol. The van der Waals surface area contributed by atoms with Crippen molar-refractivity contribution in [2.75, 3.05) is 23.0 Å². The van der Waals surface area contributed by atoms with E-state index in [-0.39, 0.29) is 0 Å². The summed E-state index contributed by atoms with van der Waals surface area (Å²) in [5, 5.41) is 2.79. The highest BCUT2D eigenvalue weighted by atomic mass is 32.2. The Morgan fingerprint density at radius 2 is 1.00 bits per heavy atom. The van der Waals surface area contributed by atoms with E-state index in [9.17, 15) is 0 Å². The van der Waals surface area contributed by atoms with Gasteiger partial charge in [0.25, 0.3) is 0 Å². The molecule has 2 aliphatic heterocycles. The Morgan fingerprint density at radius 3 is 1.40 bits per heavy atom. The van der Waals surface area contributed by atoms with Gasteiger partial charge in [0.15, 0.2) is 0 Å². The summed E-state index contributed by atoms with van der Waals surface area (Å²) in [6.45, 7) is 0. The van der Waals surface area contributed by atoms with Gasteiger partial charge in [0.1, 0.15) is 0 Å². The van der Waals surface area contributed by atoms with Gasteiger partial charge in [-0.2, -0.15) is 0 Å².